The van der Waals surface area contributed by atoms with Gasteiger partial charge in [-0.15, -0.1) is 0 Å². The van der Waals surface area contributed by atoms with Crippen molar-refractivity contribution >= 4 is 54.2 Å². The first-order valence-electron chi connectivity index (χ1n) is 8.83. The number of aromatic nitrogens is 1. The van der Waals surface area contributed by atoms with E-state index in [1.165, 1.54) is 33.8 Å². The van der Waals surface area contributed by atoms with E-state index in [9.17, 15) is 13.2 Å². The quantitative estimate of drug-likeness (QED) is 0.662. The Hall–Kier alpha value is -2.00. The van der Waals surface area contributed by atoms with Crippen LogP contribution in [0.5, 0.6) is 0 Å². The summed E-state index contributed by atoms with van der Waals surface area (Å²) in [7, 11) is -3.63. The van der Waals surface area contributed by atoms with Gasteiger partial charge in [-0.1, -0.05) is 29.0 Å². The molecule has 1 N–H and O–H groups in total. The molecule has 4 rings (SSSR count). The molecule has 0 aliphatic carbocycles. The van der Waals surface area contributed by atoms with Gasteiger partial charge in [-0.2, -0.15) is 4.31 Å². The van der Waals surface area contributed by atoms with Gasteiger partial charge in [0.05, 0.1) is 25.7 Å². The number of amides is 1. The van der Waals surface area contributed by atoms with Gasteiger partial charge in [0.15, 0.2) is 5.13 Å². The highest BCUT2D eigenvalue weighted by atomic mass is 35.5. The van der Waals surface area contributed by atoms with Gasteiger partial charge in [-0.05, 0) is 55.7 Å². The molecule has 2 heterocycles. The second-order valence-electron chi connectivity index (χ2n) is 6.70. The number of hydrogen-bond donors (Lipinski definition) is 1. The number of nitrogens with zero attached hydrogens (tertiary/aromatic N) is 2. The molecule has 6 nitrogen and oxygen atoms in total. The lowest BCUT2D eigenvalue weighted by molar-refractivity contribution is 0.102. The predicted molar refractivity (Wildman–Crippen MR) is 112 cm³/mol. The molecule has 0 radical (unpaired) electrons. The van der Waals surface area contributed by atoms with Gasteiger partial charge in [-0.25, -0.2) is 13.4 Å². The minimum absolute atomic E-state index is 0.0730. The Kier molecular flexibility index (Phi) is 5.13. The summed E-state index contributed by atoms with van der Waals surface area (Å²) in [6.07, 6.45) is 1.69. The smallest absolute Gasteiger partial charge is 0.259 e. The molecule has 9 heteroatoms. The van der Waals surface area contributed by atoms with Gasteiger partial charge < -0.3 is 0 Å². The van der Waals surface area contributed by atoms with Crippen LogP contribution < -0.4 is 5.32 Å². The molecule has 2 aromatic carbocycles. The molecule has 0 spiro atoms. The molecule has 1 fully saturated rings. The molecule has 1 amide bonds. The fourth-order valence-electron chi connectivity index (χ4n) is 3.17. The molecule has 146 valence electrons. The highest BCUT2D eigenvalue weighted by Gasteiger charge is 2.28. The topological polar surface area (TPSA) is 79.4 Å². The van der Waals surface area contributed by atoms with Crippen LogP contribution in [0.25, 0.3) is 10.2 Å². The third-order valence-electron chi connectivity index (χ3n) is 4.65. The largest absolute Gasteiger partial charge is 0.298 e. The average molecular weight is 436 g/mol. The maximum absolute atomic E-state index is 12.8. The normalized spacial score (nSPS) is 15.2. The number of hydrogen-bond acceptors (Lipinski definition) is 5. The Balaban J connectivity index is 1.63. The zero-order valence-corrected chi connectivity index (χ0v) is 17.5. The first kappa shape index (κ1) is 19.3. The number of carbonyl (C=O) groups excluding carboxylic acids is 1. The third-order valence-corrected chi connectivity index (χ3v) is 7.81. The Morgan fingerprint density at radius 2 is 1.93 bits per heavy atom. The molecule has 1 aromatic heterocycles. The number of halogens is 1. The summed E-state index contributed by atoms with van der Waals surface area (Å²) in [5, 5.41) is 3.36. The zero-order chi connectivity index (χ0) is 19.9. The molecule has 3 aromatic rings. The van der Waals surface area contributed by atoms with E-state index in [0.29, 0.717) is 18.2 Å². The van der Waals surface area contributed by atoms with Crippen LogP contribution in [0.3, 0.4) is 0 Å². The SMILES string of the molecule is Cc1ccc2nc(NC(=O)c3cc(S(=O)(=O)N4CCCC4)ccc3Cl)sc2c1. The Morgan fingerprint density at radius 3 is 2.68 bits per heavy atom. The van der Waals surface area contributed by atoms with Gasteiger partial charge in [0.2, 0.25) is 10.0 Å². The maximum atomic E-state index is 12.8. The van der Waals surface area contributed by atoms with E-state index in [1.54, 1.807) is 0 Å². The van der Waals surface area contributed by atoms with Crippen molar-refractivity contribution in [2.24, 2.45) is 0 Å². The predicted octanol–water partition coefficient (Wildman–Crippen LogP) is 4.29. The summed E-state index contributed by atoms with van der Waals surface area (Å²) < 4.78 is 27.9. The van der Waals surface area contributed by atoms with E-state index in [1.807, 2.05) is 25.1 Å². The molecular weight excluding hydrogens is 418 g/mol. The van der Waals surface area contributed by atoms with Crippen LogP contribution in [0.1, 0.15) is 28.8 Å². The van der Waals surface area contributed by atoms with E-state index in [4.69, 9.17) is 11.6 Å². The maximum Gasteiger partial charge on any atom is 0.259 e. The van der Waals surface area contributed by atoms with Crippen LogP contribution in [-0.2, 0) is 10.0 Å². The van der Waals surface area contributed by atoms with Crippen molar-refractivity contribution in [3.05, 3.63) is 52.5 Å². The molecular formula is C19H18ClN3O3S2. The number of sulfonamides is 1. The molecule has 0 atom stereocenters. The van der Waals surface area contributed by atoms with Crippen molar-refractivity contribution in [2.75, 3.05) is 18.4 Å². The minimum atomic E-state index is -3.63. The summed E-state index contributed by atoms with van der Waals surface area (Å²) in [4.78, 5) is 17.2. The molecule has 0 unspecified atom stereocenters. The van der Waals surface area contributed by atoms with Crippen molar-refractivity contribution in [3.8, 4) is 0 Å². The van der Waals surface area contributed by atoms with Gasteiger partial charge in [-0.3, -0.25) is 10.1 Å². The van der Waals surface area contributed by atoms with Gasteiger partial charge in [0, 0.05) is 13.1 Å². The van der Waals surface area contributed by atoms with Gasteiger partial charge >= 0.3 is 0 Å². The standard InChI is InChI=1S/C19H18ClN3O3S2/c1-12-4-7-16-17(10-12)27-19(21-16)22-18(24)14-11-13(5-6-15(14)20)28(25,26)23-8-2-3-9-23/h4-7,10-11H,2-3,8-9H2,1H3,(H,21,22,24). The first-order chi connectivity index (χ1) is 13.3. The third kappa shape index (κ3) is 3.65. The van der Waals surface area contributed by atoms with Crippen LogP contribution in [0.15, 0.2) is 41.3 Å². The number of thiazole rings is 1. The summed E-state index contributed by atoms with van der Waals surface area (Å²) in [5.41, 5.74) is 2.01. The van der Waals surface area contributed by atoms with E-state index >= 15 is 0 Å². The first-order valence-corrected chi connectivity index (χ1v) is 11.5. The fraction of sp³-hybridized carbons (Fsp3) is 0.263. The van der Waals surface area contributed by atoms with Crippen LogP contribution in [0.2, 0.25) is 5.02 Å². The van der Waals surface area contributed by atoms with Crippen molar-refractivity contribution in [3.63, 3.8) is 0 Å². The second kappa shape index (κ2) is 7.44. The number of carbonyl (C=O) groups is 1. The summed E-state index contributed by atoms with van der Waals surface area (Å²) in [6, 6.07) is 10.1. The summed E-state index contributed by atoms with van der Waals surface area (Å²) >= 11 is 7.54. The van der Waals surface area contributed by atoms with Crippen molar-refractivity contribution in [1.82, 2.24) is 9.29 Å². The number of benzene rings is 2. The number of fused-ring (bicyclic) bond motifs is 1. The van der Waals surface area contributed by atoms with Crippen molar-refractivity contribution < 1.29 is 13.2 Å². The number of nitrogens with one attached hydrogen (secondary N) is 1. The van der Waals surface area contributed by atoms with Crippen LogP contribution in [-0.4, -0.2) is 36.7 Å². The number of aryl methyl sites for hydroxylation is 1. The van der Waals surface area contributed by atoms with Crippen LogP contribution in [0.4, 0.5) is 5.13 Å². The fourth-order valence-corrected chi connectivity index (χ4v) is 5.87. The van der Waals surface area contributed by atoms with Gasteiger partial charge in [0.25, 0.3) is 5.91 Å². The Bertz CT molecular complexity index is 1170. The summed E-state index contributed by atoms with van der Waals surface area (Å²) in [6.45, 7) is 2.98. The second-order valence-corrected chi connectivity index (χ2v) is 10.1. The van der Waals surface area contributed by atoms with E-state index < -0.39 is 15.9 Å². The number of anilines is 1. The molecule has 1 saturated heterocycles. The highest BCUT2D eigenvalue weighted by Crippen LogP contribution is 2.29. The number of rotatable bonds is 4. The van der Waals surface area contributed by atoms with Crippen LogP contribution in [0, 0.1) is 6.92 Å². The van der Waals surface area contributed by atoms with Crippen molar-refractivity contribution in [2.45, 2.75) is 24.7 Å². The highest BCUT2D eigenvalue weighted by molar-refractivity contribution is 7.89. The van der Waals surface area contributed by atoms with E-state index in [-0.39, 0.29) is 15.5 Å². The lowest BCUT2D eigenvalue weighted by Crippen LogP contribution is -2.28. The van der Waals surface area contributed by atoms with E-state index in [0.717, 1.165) is 28.6 Å². The van der Waals surface area contributed by atoms with Crippen LogP contribution >= 0.6 is 22.9 Å². The van der Waals surface area contributed by atoms with Gasteiger partial charge in [0.1, 0.15) is 0 Å². The monoisotopic (exact) mass is 435 g/mol. The van der Waals surface area contributed by atoms with Crippen molar-refractivity contribution in [1.29, 1.82) is 0 Å². The summed E-state index contributed by atoms with van der Waals surface area (Å²) in [5.74, 6) is -0.487. The lowest BCUT2D eigenvalue weighted by Gasteiger charge is -2.16. The molecule has 28 heavy (non-hydrogen) atoms. The molecule has 1 aliphatic heterocycles. The lowest BCUT2D eigenvalue weighted by atomic mass is 10.2. The molecule has 0 bridgehead atoms. The minimum Gasteiger partial charge on any atom is -0.298 e. The molecule has 0 saturated carbocycles. The molecule has 1 aliphatic rings. The van der Waals surface area contributed by atoms with E-state index in [2.05, 4.69) is 10.3 Å². The Labute approximate surface area is 172 Å². The zero-order valence-electron chi connectivity index (χ0n) is 15.1. The average Bonchev–Trinajstić information content (AvgIpc) is 3.31. The Morgan fingerprint density at radius 1 is 1.18 bits per heavy atom.